The Bertz CT molecular complexity index is 338. The van der Waals surface area contributed by atoms with E-state index in [2.05, 4.69) is 15.3 Å². The first-order chi connectivity index (χ1) is 7.27. The first-order valence-electron chi connectivity index (χ1n) is 4.98. The maximum absolute atomic E-state index is 10.9. The molecule has 2 rings (SSSR count). The summed E-state index contributed by atoms with van der Waals surface area (Å²) < 4.78 is 0. The normalized spacial score (nSPS) is 17.3. The van der Waals surface area contributed by atoms with Crippen LogP contribution >= 0.6 is 0 Å². The fraction of sp³-hybridized carbons (Fsp3) is 0.500. The second-order valence-corrected chi connectivity index (χ2v) is 3.73. The highest BCUT2D eigenvalue weighted by atomic mass is 16.4. The molecule has 1 aromatic heterocycles. The Balaban J connectivity index is 1.88. The summed E-state index contributed by atoms with van der Waals surface area (Å²) in [4.78, 5) is 18.7. The summed E-state index contributed by atoms with van der Waals surface area (Å²) in [6.07, 6.45) is 5.13. The molecule has 15 heavy (non-hydrogen) atoms. The molecule has 0 bridgehead atoms. The lowest BCUT2D eigenvalue weighted by molar-refractivity contribution is -0.140. The van der Waals surface area contributed by atoms with E-state index in [1.807, 2.05) is 0 Å². The van der Waals surface area contributed by atoms with Gasteiger partial charge < -0.3 is 5.11 Å². The Morgan fingerprint density at radius 3 is 3.00 bits per heavy atom. The number of nitrogens with zero attached hydrogens (tertiary/aromatic N) is 2. The van der Waals surface area contributed by atoms with Gasteiger partial charge in [-0.05, 0) is 24.8 Å². The zero-order valence-corrected chi connectivity index (χ0v) is 8.26. The third kappa shape index (κ3) is 2.73. The molecule has 0 aromatic carbocycles. The van der Waals surface area contributed by atoms with Gasteiger partial charge in [0.2, 0.25) is 0 Å². The second-order valence-electron chi connectivity index (χ2n) is 3.73. The standard InChI is InChI=1S/C10H13N3O2/c14-10(15)9(7-1-2-7)12-5-8-3-4-11-6-13-8/h3-4,6-7,9,12H,1-2,5H2,(H,14,15). The molecule has 0 amide bonds. The molecule has 5 heteroatoms. The van der Waals surface area contributed by atoms with Crippen LogP contribution in [0.15, 0.2) is 18.6 Å². The molecule has 1 heterocycles. The summed E-state index contributed by atoms with van der Waals surface area (Å²) in [5, 5.41) is 12.0. The van der Waals surface area contributed by atoms with Crippen LogP contribution in [0.5, 0.6) is 0 Å². The third-order valence-corrected chi connectivity index (χ3v) is 2.51. The van der Waals surface area contributed by atoms with Gasteiger partial charge in [-0.25, -0.2) is 9.97 Å². The predicted octanol–water partition coefficient (Wildman–Crippen LogP) is 0.429. The van der Waals surface area contributed by atoms with E-state index in [1.165, 1.54) is 6.33 Å². The highest BCUT2D eigenvalue weighted by molar-refractivity contribution is 5.74. The molecule has 0 radical (unpaired) electrons. The molecule has 5 nitrogen and oxygen atoms in total. The minimum atomic E-state index is -0.772. The van der Waals surface area contributed by atoms with Crippen LogP contribution < -0.4 is 5.32 Å². The third-order valence-electron chi connectivity index (χ3n) is 2.51. The van der Waals surface area contributed by atoms with Crippen molar-refractivity contribution in [2.75, 3.05) is 0 Å². The van der Waals surface area contributed by atoms with Gasteiger partial charge >= 0.3 is 5.97 Å². The largest absolute Gasteiger partial charge is 0.480 e. The van der Waals surface area contributed by atoms with Crippen LogP contribution in [0.1, 0.15) is 18.5 Å². The Hall–Kier alpha value is -1.49. The van der Waals surface area contributed by atoms with Gasteiger partial charge in [-0.15, -0.1) is 0 Å². The van der Waals surface area contributed by atoms with E-state index in [0.717, 1.165) is 18.5 Å². The lowest BCUT2D eigenvalue weighted by atomic mass is 10.2. The number of carboxylic acids is 1. The van der Waals surface area contributed by atoms with Gasteiger partial charge in [0.05, 0.1) is 5.69 Å². The van der Waals surface area contributed by atoms with Crippen LogP contribution in [0.2, 0.25) is 0 Å². The zero-order chi connectivity index (χ0) is 10.7. The monoisotopic (exact) mass is 207 g/mol. The Morgan fingerprint density at radius 2 is 2.47 bits per heavy atom. The van der Waals surface area contributed by atoms with Gasteiger partial charge in [0.25, 0.3) is 0 Å². The smallest absolute Gasteiger partial charge is 0.320 e. The molecule has 1 unspecified atom stereocenters. The van der Waals surface area contributed by atoms with Crippen molar-refractivity contribution in [2.24, 2.45) is 5.92 Å². The van der Waals surface area contributed by atoms with Crippen LogP contribution in [-0.2, 0) is 11.3 Å². The van der Waals surface area contributed by atoms with Gasteiger partial charge in [0, 0.05) is 12.7 Å². The molecule has 0 aliphatic heterocycles. The van der Waals surface area contributed by atoms with Crippen molar-refractivity contribution in [2.45, 2.75) is 25.4 Å². The van der Waals surface area contributed by atoms with Gasteiger partial charge in [-0.3, -0.25) is 10.1 Å². The number of aliphatic carboxylic acids is 1. The summed E-state index contributed by atoms with van der Waals surface area (Å²) in [6, 6.07) is 1.35. The average Bonchev–Trinajstić information content (AvgIpc) is 3.03. The Labute approximate surface area is 87.6 Å². The number of hydrogen-bond acceptors (Lipinski definition) is 4. The van der Waals surface area contributed by atoms with Crippen LogP contribution in [0.25, 0.3) is 0 Å². The van der Waals surface area contributed by atoms with Crippen LogP contribution in [0.3, 0.4) is 0 Å². The van der Waals surface area contributed by atoms with Crippen molar-refractivity contribution in [3.63, 3.8) is 0 Å². The van der Waals surface area contributed by atoms with Gasteiger partial charge in [0.15, 0.2) is 0 Å². The quantitative estimate of drug-likeness (QED) is 0.732. The Kier molecular flexibility index (Phi) is 2.91. The fourth-order valence-electron chi connectivity index (χ4n) is 1.52. The van der Waals surface area contributed by atoms with Crippen LogP contribution in [0.4, 0.5) is 0 Å². The maximum Gasteiger partial charge on any atom is 0.320 e. The number of rotatable bonds is 5. The molecule has 80 valence electrons. The van der Waals surface area contributed by atoms with E-state index in [0.29, 0.717) is 12.5 Å². The maximum atomic E-state index is 10.9. The van der Waals surface area contributed by atoms with E-state index in [9.17, 15) is 4.79 Å². The van der Waals surface area contributed by atoms with Crippen molar-refractivity contribution in [1.82, 2.24) is 15.3 Å². The van der Waals surface area contributed by atoms with Crippen LogP contribution in [0, 0.1) is 5.92 Å². The molecule has 2 N–H and O–H groups in total. The SMILES string of the molecule is O=C(O)C(NCc1ccncn1)C1CC1. The van der Waals surface area contributed by atoms with Crippen molar-refractivity contribution < 1.29 is 9.90 Å². The van der Waals surface area contributed by atoms with Crippen molar-refractivity contribution in [3.8, 4) is 0 Å². The molecule has 1 aliphatic carbocycles. The predicted molar refractivity (Wildman–Crippen MR) is 53.0 cm³/mol. The van der Waals surface area contributed by atoms with E-state index in [4.69, 9.17) is 5.11 Å². The molecule has 0 saturated heterocycles. The van der Waals surface area contributed by atoms with E-state index in [-0.39, 0.29) is 0 Å². The first kappa shape index (κ1) is 10.0. The molecular weight excluding hydrogens is 194 g/mol. The lowest BCUT2D eigenvalue weighted by Gasteiger charge is -2.12. The van der Waals surface area contributed by atoms with E-state index >= 15 is 0 Å². The summed E-state index contributed by atoms with van der Waals surface area (Å²) in [5.41, 5.74) is 0.817. The van der Waals surface area contributed by atoms with E-state index < -0.39 is 12.0 Å². The highest BCUT2D eigenvalue weighted by Gasteiger charge is 2.35. The molecule has 1 aliphatic rings. The van der Waals surface area contributed by atoms with Crippen LogP contribution in [-0.4, -0.2) is 27.1 Å². The minimum Gasteiger partial charge on any atom is -0.480 e. The Morgan fingerprint density at radius 1 is 1.67 bits per heavy atom. The molecule has 0 spiro atoms. The average molecular weight is 207 g/mol. The van der Waals surface area contributed by atoms with Crippen molar-refractivity contribution >= 4 is 5.97 Å². The fourth-order valence-corrected chi connectivity index (χ4v) is 1.52. The number of nitrogens with one attached hydrogen (secondary N) is 1. The van der Waals surface area contributed by atoms with Crippen molar-refractivity contribution in [1.29, 1.82) is 0 Å². The lowest BCUT2D eigenvalue weighted by Crippen LogP contribution is -2.38. The molecule has 1 atom stereocenters. The number of hydrogen-bond donors (Lipinski definition) is 2. The summed E-state index contributed by atoms with van der Waals surface area (Å²) >= 11 is 0. The van der Waals surface area contributed by atoms with Gasteiger partial charge in [0.1, 0.15) is 12.4 Å². The number of carboxylic acid groups (broad SMARTS) is 1. The summed E-state index contributed by atoms with van der Waals surface area (Å²) in [6.45, 7) is 0.482. The zero-order valence-electron chi connectivity index (χ0n) is 8.26. The second kappa shape index (κ2) is 4.35. The van der Waals surface area contributed by atoms with Gasteiger partial charge in [-0.2, -0.15) is 0 Å². The molecule has 1 saturated carbocycles. The molecule has 1 fully saturated rings. The topological polar surface area (TPSA) is 75.1 Å². The van der Waals surface area contributed by atoms with Gasteiger partial charge in [-0.1, -0.05) is 0 Å². The van der Waals surface area contributed by atoms with Crippen molar-refractivity contribution in [3.05, 3.63) is 24.3 Å². The first-order valence-corrected chi connectivity index (χ1v) is 4.98. The summed E-state index contributed by atoms with van der Waals surface area (Å²) in [5.74, 6) is -0.476. The number of carbonyl (C=O) groups is 1. The number of aromatic nitrogens is 2. The molecule has 1 aromatic rings. The van der Waals surface area contributed by atoms with E-state index in [1.54, 1.807) is 12.3 Å². The summed E-state index contributed by atoms with van der Waals surface area (Å²) in [7, 11) is 0. The molecular formula is C10H13N3O2. The highest BCUT2D eigenvalue weighted by Crippen LogP contribution is 2.32. The minimum absolute atomic E-state index is 0.296.